The van der Waals surface area contributed by atoms with Gasteiger partial charge in [0.1, 0.15) is 11.5 Å². The third-order valence-corrected chi connectivity index (χ3v) is 3.79. The quantitative estimate of drug-likeness (QED) is 0.783. The Balaban J connectivity index is 2.23. The lowest BCUT2D eigenvalue weighted by molar-refractivity contribution is 0.0132. The Morgan fingerprint density at radius 1 is 1.28 bits per heavy atom. The molecule has 1 aliphatic rings. The Kier molecular flexibility index (Phi) is 4.72. The van der Waals surface area contributed by atoms with Gasteiger partial charge >= 0.3 is 0 Å². The largest absolute Gasteiger partial charge is 0.497 e. The van der Waals surface area contributed by atoms with Gasteiger partial charge in [-0.05, 0) is 37.5 Å². The first kappa shape index (κ1) is 13.5. The predicted molar refractivity (Wildman–Crippen MR) is 71.7 cm³/mol. The maximum Gasteiger partial charge on any atom is 0.123 e. The molecule has 0 spiro atoms. The second-order valence-corrected chi connectivity index (χ2v) is 4.88. The summed E-state index contributed by atoms with van der Waals surface area (Å²) in [6, 6.07) is 5.68. The lowest BCUT2D eigenvalue weighted by Crippen LogP contribution is -2.23. The van der Waals surface area contributed by atoms with Crippen LogP contribution in [0.3, 0.4) is 0 Å². The molecule has 0 saturated carbocycles. The van der Waals surface area contributed by atoms with Crippen LogP contribution in [-0.4, -0.2) is 26.9 Å². The molecule has 1 fully saturated rings. The normalized spacial score (nSPS) is 21.4. The molecule has 0 bridgehead atoms. The van der Waals surface area contributed by atoms with Crippen LogP contribution in [0.4, 0.5) is 0 Å². The summed E-state index contributed by atoms with van der Waals surface area (Å²) in [5, 5.41) is -0.199. The highest BCUT2D eigenvalue weighted by atomic mass is 35.5. The van der Waals surface area contributed by atoms with Crippen molar-refractivity contribution in [3.8, 4) is 11.5 Å². The summed E-state index contributed by atoms with van der Waals surface area (Å²) in [6.45, 7) is 0.792. The van der Waals surface area contributed by atoms with E-state index in [1.807, 2.05) is 18.2 Å². The van der Waals surface area contributed by atoms with Crippen molar-refractivity contribution in [2.75, 3.05) is 20.8 Å². The molecule has 0 amide bonds. The van der Waals surface area contributed by atoms with Crippen LogP contribution < -0.4 is 9.47 Å². The summed E-state index contributed by atoms with van der Waals surface area (Å²) < 4.78 is 16.3. The highest BCUT2D eigenvalue weighted by Crippen LogP contribution is 2.38. The molecule has 2 unspecified atom stereocenters. The molecule has 0 aliphatic carbocycles. The van der Waals surface area contributed by atoms with Gasteiger partial charge < -0.3 is 14.2 Å². The summed E-state index contributed by atoms with van der Waals surface area (Å²) >= 11 is 6.54. The van der Waals surface area contributed by atoms with E-state index in [2.05, 4.69) is 0 Å². The van der Waals surface area contributed by atoms with Crippen LogP contribution >= 0.6 is 11.6 Å². The van der Waals surface area contributed by atoms with E-state index in [0.29, 0.717) is 0 Å². The molecular formula is C14H19ClO3. The molecule has 18 heavy (non-hydrogen) atoms. The zero-order chi connectivity index (χ0) is 13.0. The zero-order valence-electron chi connectivity index (χ0n) is 10.8. The topological polar surface area (TPSA) is 27.7 Å². The van der Waals surface area contributed by atoms with Gasteiger partial charge in [-0.1, -0.05) is 0 Å². The van der Waals surface area contributed by atoms with E-state index in [1.54, 1.807) is 14.2 Å². The molecule has 1 heterocycles. The Hall–Kier alpha value is -0.930. The van der Waals surface area contributed by atoms with E-state index >= 15 is 0 Å². The third-order valence-electron chi connectivity index (χ3n) is 3.28. The molecular weight excluding hydrogens is 252 g/mol. The van der Waals surface area contributed by atoms with E-state index in [-0.39, 0.29) is 11.5 Å². The maximum absolute atomic E-state index is 6.54. The average Bonchev–Trinajstić information content (AvgIpc) is 2.46. The van der Waals surface area contributed by atoms with Gasteiger partial charge in [0, 0.05) is 12.2 Å². The number of ether oxygens (including phenoxy) is 3. The minimum atomic E-state index is -0.199. The molecule has 1 aromatic carbocycles. The van der Waals surface area contributed by atoms with Crippen LogP contribution in [0.1, 0.15) is 30.2 Å². The van der Waals surface area contributed by atoms with Crippen molar-refractivity contribution >= 4 is 11.6 Å². The molecule has 0 N–H and O–H groups in total. The van der Waals surface area contributed by atoms with Crippen LogP contribution in [0, 0.1) is 0 Å². The van der Waals surface area contributed by atoms with Gasteiger partial charge in [0.15, 0.2) is 0 Å². The summed E-state index contributed by atoms with van der Waals surface area (Å²) in [5.74, 6) is 1.57. The number of hydrogen-bond acceptors (Lipinski definition) is 3. The van der Waals surface area contributed by atoms with Crippen LogP contribution in [0.2, 0.25) is 0 Å². The minimum absolute atomic E-state index is 0.0569. The first-order valence-corrected chi connectivity index (χ1v) is 6.67. The summed E-state index contributed by atoms with van der Waals surface area (Å²) in [7, 11) is 3.29. The molecule has 100 valence electrons. The second kappa shape index (κ2) is 6.30. The van der Waals surface area contributed by atoms with Crippen molar-refractivity contribution in [1.82, 2.24) is 0 Å². The number of methoxy groups -OCH3 is 2. The van der Waals surface area contributed by atoms with E-state index in [0.717, 1.165) is 36.5 Å². The van der Waals surface area contributed by atoms with E-state index in [9.17, 15) is 0 Å². The standard InChI is InChI=1S/C14H19ClO3/c1-16-10-6-7-12(17-2)11(9-10)14(15)13-5-3-4-8-18-13/h6-7,9,13-14H,3-5,8H2,1-2H3. The first-order chi connectivity index (χ1) is 8.76. The van der Waals surface area contributed by atoms with Crippen molar-refractivity contribution in [3.63, 3.8) is 0 Å². The van der Waals surface area contributed by atoms with Gasteiger partial charge in [-0.2, -0.15) is 0 Å². The lowest BCUT2D eigenvalue weighted by atomic mass is 10.00. The first-order valence-electron chi connectivity index (χ1n) is 6.24. The van der Waals surface area contributed by atoms with Gasteiger partial charge in [0.05, 0.1) is 25.7 Å². The molecule has 0 aromatic heterocycles. The molecule has 0 radical (unpaired) electrons. The van der Waals surface area contributed by atoms with Crippen molar-refractivity contribution in [3.05, 3.63) is 23.8 Å². The summed E-state index contributed by atoms with van der Waals surface area (Å²) in [5.41, 5.74) is 0.936. The number of hydrogen-bond donors (Lipinski definition) is 0. The fraction of sp³-hybridized carbons (Fsp3) is 0.571. The highest BCUT2D eigenvalue weighted by Gasteiger charge is 2.26. The predicted octanol–water partition coefficient (Wildman–Crippen LogP) is 3.55. The molecule has 3 nitrogen and oxygen atoms in total. The van der Waals surface area contributed by atoms with Gasteiger partial charge in [0.2, 0.25) is 0 Å². The Bertz CT molecular complexity index is 389. The van der Waals surface area contributed by atoms with Crippen LogP contribution in [0.25, 0.3) is 0 Å². The fourth-order valence-electron chi connectivity index (χ4n) is 2.25. The Labute approximate surface area is 113 Å². The summed E-state index contributed by atoms with van der Waals surface area (Å²) in [4.78, 5) is 0. The monoisotopic (exact) mass is 270 g/mol. The van der Waals surface area contributed by atoms with E-state index in [1.165, 1.54) is 6.42 Å². The van der Waals surface area contributed by atoms with E-state index < -0.39 is 0 Å². The van der Waals surface area contributed by atoms with Gasteiger partial charge in [-0.25, -0.2) is 0 Å². The van der Waals surface area contributed by atoms with Crippen LogP contribution in [0.15, 0.2) is 18.2 Å². The van der Waals surface area contributed by atoms with Crippen LogP contribution in [0.5, 0.6) is 11.5 Å². The Morgan fingerprint density at radius 2 is 2.11 bits per heavy atom. The van der Waals surface area contributed by atoms with E-state index in [4.69, 9.17) is 25.8 Å². The van der Waals surface area contributed by atoms with Crippen molar-refractivity contribution < 1.29 is 14.2 Å². The number of rotatable bonds is 4. The molecule has 1 aliphatic heterocycles. The van der Waals surface area contributed by atoms with Gasteiger partial charge in [-0.3, -0.25) is 0 Å². The SMILES string of the molecule is COc1ccc(OC)c(C(Cl)C2CCCCO2)c1. The maximum atomic E-state index is 6.54. The number of benzene rings is 1. The van der Waals surface area contributed by atoms with Crippen molar-refractivity contribution in [1.29, 1.82) is 0 Å². The molecule has 1 aromatic rings. The average molecular weight is 271 g/mol. The lowest BCUT2D eigenvalue weighted by Gasteiger charge is -2.27. The Morgan fingerprint density at radius 3 is 2.72 bits per heavy atom. The third kappa shape index (κ3) is 2.90. The van der Waals surface area contributed by atoms with Gasteiger partial charge in [-0.15, -0.1) is 11.6 Å². The van der Waals surface area contributed by atoms with Gasteiger partial charge in [0.25, 0.3) is 0 Å². The number of alkyl halides is 1. The van der Waals surface area contributed by atoms with Crippen molar-refractivity contribution in [2.24, 2.45) is 0 Å². The summed E-state index contributed by atoms with van der Waals surface area (Å²) in [6.07, 6.45) is 3.34. The molecule has 1 saturated heterocycles. The molecule has 2 atom stereocenters. The second-order valence-electron chi connectivity index (χ2n) is 4.41. The minimum Gasteiger partial charge on any atom is -0.497 e. The highest BCUT2D eigenvalue weighted by molar-refractivity contribution is 6.21. The fourth-order valence-corrected chi connectivity index (χ4v) is 2.62. The zero-order valence-corrected chi connectivity index (χ0v) is 11.6. The smallest absolute Gasteiger partial charge is 0.123 e. The number of halogens is 1. The molecule has 4 heteroatoms. The molecule has 2 rings (SSSR count). The van der Waals surface area contributed by atoms with Crippen molar-refractivity contribution in [2.45, 2.75) is 30.7 Å². The van der Waals surface area contributed by atoms with Crippen LogP contribution in [-0.2, 0) is 4.74 Å².